The fourth-order valence-electron chi connectivity index (χ4n) is 6.17. The second-order valence-corrected chi connectivity index (χ2v) is 13.1. The Morgan fingerprint density at radius 2 is 1.71 bits per heavy atom. The van der Waals surface area contributed by atoms with Crippen LogP contribution < -0.4 is 10.6 Å². The van der Waals surface area contributed by atoms with Gasteiger partial charge in [-0.05, 0) is 74.5 Å². The SMILES string of the molecule is CNC(=O)CC1CCCN(C2CCN(CCC(/C(CNC(=O)c3cc(Cl)cc(Cl)c3)=N/OC)c3ccc(Cl)c(Cl)c3)CC2)C1=O. The molecule has 0 saturated carbocycles. The summed E-state index contributed by atoms with van der Waals surface area (Å²) in [5.41, 5.74) is 1.86. The van der Waals surface area contributed by atoms with Crippen LogP contribution >= 0.6 is 46.4 Å². The Hall–Kier alpha value is -2.56. The number of piperidine rings is 2. The van der Waals surface area contributed by atoms with E-state index in [9.17, 15) is 14.4 Å². The van der Waals surface area contributed by atoms with Crippen LogP contribution in [-0.2, 0) is 14.4 Å². The van der Waals surface area contributed by atoms with E-state index < -0.39 is 0 Å². The maximum absolute atomic E-state index is 13.2. The number of hydrogen-bond acceptors (Lipinski definition) is 6. The van der Waals surface area contributed by atoms with Crippen molar-refractivity contribution >= 4 is 69.8 Å². The number of carbonyl (C=O) groups excluding carboxylic acids is 3. The van der Waals surface area contributed by atoms with Crippen molar-refractivity contribution in [2.45, 2.75) is 50.5 Å². The largest absolute Gasteiger partial charge is 0.399 e. The molecule has 4 rings (SSSR count). The molecule has 2 aromatic rings. The highest BCUT2D eigenvalue weighted by atomic mass is 35.5. The molecule has 244 valence electrons. The minimum absolute atomic E-state index is 0.0913. The van der Waals surface area contributed by atoms with E-state index >= 15 is 0 Å². The van der Waals surface area contributed by atoms with Gasteiger partial charge in [-0.15, -0.1) is 0 Å². The van der Waals surface area contributed by atoms with Crippen LogP contribution in [0, 0.1) is 5.92 Å². The highest BCUT2D eigenvalue weighted by Gasteiger charge is 2.35. The van der Waals surface area contributed by atoms with E-state index in [0.29, 0.717) is 37.8 Å². The van der Waals surface area contributed by atoms with Crippen LogP contribution in [0.1, 0.15) is 60.4 Å². The minimum Gasteiger partial charge on any atom is -0.399 e. The molecule has 2 aliphatic heterocycles. The van der Waals surface area contributed by atoms with Crippen molar-refractivity contribution in [3.05, 3.63) is 67.6 Å². The molecule has 0 aromatic heterocycles. The van der Waals surface area contributed by atoms with E-state index in [2.05, 4.69) is 20.7 Å². The number of carbonyl (C=O) groups is 3. The average Bonchev–Trinajstić information content (AvgIpc) is 3.02. The van der Waals surface area contributed by atoms with Gasteiger partial charge in [0.2, 0.25) is 11.8 Å². The molecule has 0 bridgehead atoms. The Bertz CT molecular complexity index is 1380. The second-order valence-electron chi connectivity index (χ2n) is 11.4. The first-order valence-corrected chi connectivity index (χ1v) is 16.6. The van der Waals surface area contributed by atoms with Gasteiger partial charge in [0.25, 0.3) is 5.91 Å². The lowest BCUT2D eigenvalue weighted by molar-refractivity contribution is -0.144. The lowest BCUT2D eigenvalue weighted by atomic mass is 9.89. The fraction of sp³-hybridized carbons (Fsp3) is 0.500. The maximum Gasteiger partial charge on any atom is 0.251 e. The number of nitrogens with zero attached hydrogens (tertiary/aromatic N) is 3. The van der Waals surface area contributed by atoms with Crippen molar-refractivity contribution in [1.82, 2.24) is 20.4 Å². The maximum atomic E-state index is 13.2. The predicted octanol–water partition coefficient (Wildman–Crippen LogP) is 6.05. The Morgan fingerprint density at radius 3 is 2.36 bits per heavy atom. The monoisotopic (exact) mass is 697 g/mol. The third-order valence-electron chi connectivity index (χ3n) is 8.54. The van der Waals surface area contributed by atoms with Crippen molar-refractivity contribution in [1.29, 1.82) is 0 Å². The van der Waals surface area contributed by atoms with E-state index in [0.717, 1.165) is 57.4 Å². The van der Waals surface area contributed by atoms with Gasteiger partial charge in [-0.25, -0.2) is 0 Å². The van der Waals surface area contributed by atoms with Crippen LogP contribution in [0.2, 0.25) is 20.1 Å². The summed E-state index contributed by atoms with van der Waals surface area (Å²) in [5, 5.41) is 11.5. The van der Waals surface area contributed by atoms with Gasteiger partial charge in [0, 0.05) is 66.6 Å². The zero-order valence-corrected chi connectivity index (χ0v) is 28.5. The number of halogens is 4. The zero-order valence-electron chi connectivity index (χ0n) is 25.5. The standard InChI is InChI=1S/C32H39Cl4N5O4/c1-37-30(42)17-21-4-3-10-41(32(21)44)25-7-11-40(12-8-25)13-9-26(20-5-6-27(35)28(36)16-20)29(39-45-2)19-38-31(43)22-14-23(33)18-24(34)15-22/h5-6,14-16,18,21,25-26H,3-4,7-13,17,19H2,1-2H3,(H,37,42)(H,38,43)/b39-29+. The van der Waals surface area contributed by atoms with Gasteiger partial charge in [0.15, 0.2) is 0 Å². The molecular weight excluding hydrogens is 660 g/mol. The third-order valence-corrected chi connectivity index (χ3v) is 9.71. The topological polar surface area (TPSA) is 103 Å². The summed E-state index contributed by atoms with van der Waals surface area (Å²) >= 11 is 24.8. The predicted molar refractivity (Wildman–Crippen MR) is 180 cm³/mol. The zero-order chi connectivity index (χ0) is 32.5. The summed E-state index contributed by atoms with van der Waals surface area (Å²) in [6.07, 6.45) is 4.35. The molecule has 2 atom stereocenters. The molecule has 45 heavy (non-hydrogen) atoms. The van der Waals surface area contributed by atoms with Crippen molar-refractivity contribution in [3.63, 3.8) is 0 Å². The summed E-state index contributed by atoms with van der Waals surface area (Å²) in [4.78, 5) is 47.7. The number of rotatable bonds is 12. The molecule has 2 heterocycles. The summed E-state index contributed by atoms with van der Waals surface area (Å²) in [7, 11) is 3.07. The number of benzene rings is 2. The first-order chi connectivity index (χ1) is 21.6. The lowest BCUT2D eigenvalue weighted by Gasteiger charge is -2.42. The second kappa shape index (κ2) is 16.8. The quantitative estimate of drug-likeness (QED) is 0.208. The molecule has 2 saturated heterocycles. The molecule has 2 aliphatic rings. The van der Waals surface area contributed by atoms with Gasteiger partial charge in [-0.2, -0.15) is 0 Å². The molecule has 0 spiro atoms. The van der Waals surface area contributed by atoms with Crippen molar-refractivity contribution in [2.24, 2.45) is 11.1 Å². The summed E-state index contributed by atoms with van der Waals surface area (Å²) in [5.74, 6) is -0.798. The Morgan fingerprint density at radius 1 is 1.00 bits per heavy atom. The summed E-state index contributed by atoms with van der Waals surface area (Å²) in [6, 6.07) is 10.3. The summed E-state index contributed by atoms with van der Waals surface area (Å²) in [6.45, 7) is 3.30. The van der Waals surface area contributed by atoms with E-state index in [1.807, 2.05) is 17.0 Å². The fourth-order valence-corrected chi connectivity index (χ4v) is 7.00. The van der Waals surface area contributed by atoms with Gasteiger partial charge in [0.1, 0.15) is 7.11 Å². The molecule has 2 unspecified atom stereocenters. The average molecular weight is 700 g/mol. The van der Waals surface area contributed by atoms with Crippen LogP contribution in [0.15, 0.2) is 41.6 Å². The number of hydrogen-bond donors (Lipinski definition) is 2. The Balaban J connectivity index is 1.41. The number of nitrogens with one attached hydrogen (secondary N) is 2. The molecule has 9 nitrogen and oxygen atoms in total. The first kappa shape index (κ1) is 35.3. The molecule has 0 aliphatic carbocycles. The van der Waals surface area contributed by atoms with Gasteiger partial charge >= 0.3 is 0 Å². The molecule has 2 N–H and O–H groups in total. The van der Waals surface area contributed by atoms with E-state index in [1.165, 1.54) is 7.11 Å². The molecule has 13 heteroatoms. The smallest absolute Gasteiger partial charge is 0.251 e. The highest BCUT2D eigenvalue weighted by Crippen LogP contribution is 2.31. The lowest BCUT2D eigenvalue weighted by Crippen LogP contribution is -2.52. The van der Waals surface area contributed by atoms with Gasteiger partial charge in [-0.1, -0.05) is 57.6 Å². The highest BCUT2D eigenvalue weighted by molar-refractivity contribution is 6.42. The van der Waals surface area contributed by atoms with Crippen LogP contribution in [0.5, 0.6) is 0 Å². The molecular formula is C32H39Cl4N5O4. The van der Waals surface area contributed by atoms with Crippen LogP contribution in [0.3, 0.4) is 0 Å². The Kier molecular flexibility index (Phi) is 13.2. The van der Waals surface area contributed by atoms with Gasteiger partial charge in [-0.3, -0.25) is 14.4 Å². The van der Waals surface area contributed by atoms with Crippen LogP contribution in [0.4, 0.5) is 0 Å². The van der Waals surface area contributed by atoms with Crippen LogP contribution in [-0.4, -0.2) is 86.2 Å². The van der Waals surface area contributed by atoms with Gasteiger partial charge in [0.05, 0.1) is 22.3 Å². The van der Waals surface area contributed by atoms with Crippen molar-refractivity contribution in [3.8, 4) is 0 Å². The third kappa shape index (κ3) is 9.72. The van der Waals surface area contributed by atoms with Crippen molar-refractivity contribution < 1.29 is 19.2 Å². The number of amides is 3. The molecule has 2 aromatic carbocycles. The van der Waals surface area contributed by atoms with Crippen molar-refractivity contribution in [2.75, 3.05) is 46.9 Å². The van der Waals surface area contributed by atoms with E-state index in [1.54, 1.807) is 31.3 Å². The van der Waals surface area contributed by atoms with Crippen LogP contribution in [0.25, 0.3) is 0 Å². The van der Waals surface area contributed by atoms with E-state index in [-0.39, 0.29) is 48.6 Å². The van der Waals surface area contributed by atoms with E-state index in [4.69, 9.17) is 51.2 Å². The first-order valence-electron chi connectivity index (χ1n) is 15.1. The molecule has 0 radical (unpaired) electrons. The normalized spacial score (nSPS) is 18.9. The molecule has 2 fully saturated rings. The summed E-state index contributed by atoms with van der Waals surface area (Å²) < 4.78 is 0. The number of likely N-dealkylation sites (tertiary alicyclic amines) is 2. The van der Waals surface area contributed by atoms with Gasteiger partial charge < -0.3 is 25.3 Å². The molecule has 3 amide bonds. The minimum atomic E-state index is -0.344. The number of oxime groups is 1. The Labute approximate surface area is 284 Å².